The molecule has 84 valence electrons. The smallest absolute Gasteiger partial charge is 0.194 e. The minimum Gasteiger partial charge on any atom is -0.370 e. The Balaban J connectivity index is 1.97. The van der Waals surface area contributed by atoms with Gasteiger partial charge in [-0.3, -0.25) is 0 Å². The summed E-state index contributed by atoms with van der Waals surface area (Å²) in [6.07, 6.45) is 6.97. The highest BCUT2D eigenvalue weighted by Crippen LogP contribution is 2.23. The van der Waals surface area contributed by atoms with E-state index in [0.717, 1.165) is 19.5 Å². The van der Waals surface area contributed by atoms with E-state index in [1.807, 2.05) is 6.08 Å². The lowest BCUT2D eigenvalue weighted by Crippen LogP contribution is -2.47. The minimum absolute atomic E-state index is 0.406. The van der Waals surface area contributed by atoms with Crippen LogP contribution < -0.4 is 22.1 Å². The van der Waals surface area contributed by atoms with Crippen molar-refractivity contribution in [3.05, 3.63) is 12.3 Å². The molecule has 15 heavy (non-hydrogen) atoms. The summed E-state index contributed by atoms with van der Waals surface area (Å²) in [5.41, 5.74) is 11.2. The Labute approximate surface area is 90.0 Å². The minimum atomic E-state index is -0.612. The SMILES string of the molecule is NC1=NC(N)(CC2CCCNC2)C=CN1. The van der Waals surface area contributed by atoms with Gasteiger partial charge in [0.25, 0.3) is 0 Å². The van der Waals surface area contributed by atoms with Crippen molar-refractivity contribution in [3.63, 3.8) is 0 Å². The number of nitrogens with two attached hydrogens (primary N) is 2. The second-order valence-electron chi connectivity index (χ2n) is 4.38. The first-order chi connectivity index (χ1) is 7.18. The molecule has 0 radical (unpaired) electrons. The molecule has 0 bridgehead atoms. The lowest BCUT2D eigenvalue weighted by Gasteiger charge is -2.31. The Morgan fingerprint density at radius 3 is 3.13 bits per heavy atom. The number of nitrogens with zero attached hydrogens (tertiary/aromatic N) is 1. The van der Waals surface area contributed by atoms with Crippen LogP contribution in [0.15, 0.2) is 17.3 Å². The lowest BCUT2D eigenvalue weighted by molar-refractivity contribution is 0.305. The molecule has 0 saturated carbocycles. The summed E-state index contributed by atoms with van der Waals surface area (Å²) >= 11 is 0. The monoisotopic (exact) mass is 209 g/mol. The molecule has 2 atom stereocenters. The first kappa shape index (κ1) is 10.4. The number of hydrogen-bond acceptors (Lipinski definition) is 5. The second kappa shape index (κ2) is 4.20. The van der Waals surface area contributed by atoms with Crippen molar-refractivity contribution >= 4 is 5.96 Å². The Morgan fingerprint density at radius 2 is 2.47 bits per heavy atom. The van der Waals surface area contributed by atoms with Crippen LogP contribution >= 0.6 is 0 Å². The van der Waals surface area contributed by atoms with Crippen molar-refractivity contribution in [3.8, 4) is 0 Å². The molecule has 2 heterocycles. The Bertz CT molecular complexity index is 280. The van der Waals surface area contributed by atoms with Gasteiger partial charge in [-0.05, 0) is 44.3 Å². The molecule has 1 saturated heterocycles. The van der Waals surface area contributed by atoms with Gasteiger partial charge in [-0.2, -0.15) is 0 Å². The van der Waals surface area contributed by atoms with Crippen molar-refractivity contribution in [2.45, 2.75) is 24.9 Å². The molecule has 0 aromatic rings. The number of aliphatic imine (C=N–C) groups is 1. The predicted octanol–water partition coefficient (Wildman–Crippen LogP) is -0.537. The average Bonchev–Trinajstić information content (AvgIpc) is 2.18. The summed E-state index contributed by atoms with van der Waals surface area (Å²) in [5.74, 6) is 1.01. The Hall–Kier alpha value is -1.07. The maximum atomic E-state index is 6.16. The molecule has 5 heteroatoms. The van der Waals surface area contributed by atoms with Crippen molar-refractivity contribution < 1.29 is 0 Å². The van der Waals surface area contributed by atoms with Crippen LogP contribution in [-0.4, -0.2) is 24.7 Å². The van der Waals surface area contributed by atoms with E-state index in [0.29, 0.717) is 11.9 Å². The van der Waals surface area contributed by atoms with Crippen LogP contribution in [0.25, 0.3) is 0 Å². The zero-order valence-electron chi connectivity index (χ0n) is 8.87. The summed E-state index contributed by atoms with van der Waals surface area (Å²) in [5, 5.41) is 6.20. The molecule has 1 fully saturated rings. The maximum absolute atomic E-state index is 6.16. The average molecular weight is 209 g/mol. The third kappa shape index (κ3) is 2.70. The molecule has 2 aliphatic rings. The summed E-state index contributed by atoms with van der Waals surface area (Å²) in [7, 11) is 0. The molecule has 2 unspecified atom stereocenters. The molecular weight excluding hydrogens is 190 g/mol. The first-order valence-electron chi connectivity index (χ1n) is 5.47. The van der Waals surface area contributed by atoms with Crippen LogP contribution in [0.3, 0.4) is 0 Å². The van der Waals surface area contributed by atoms with E-state index in [-0.39, 0.29) is 0 Å². The largest absolute Gasteiger partial charge is 0.370 e. The zero-order valence-corrected chi connectivity index (χ0v) is 8.87. The third-order valence-corrected chi connectivity index (χ3v) is 2.95. The van der Waals surface area contributed by atoms with E-state index in [4.69, 9.17) is 11.5 Å². The number of guanidine groups is 1. The maximum Gasteiger partial charge on any atom is 0.194 e. The van der Waals surface area contributed by atoms with Crippen molar-refractivity contribution in [1.82, 2.24) is 10.6 Å². The standard InChI is InChI=1S/C10H19N5/c11-9-14-5-3-10(12,15-9)6-8-2-1-4-13-7-8/h3,5,8,13H,1-2,4,6-7,12H2,(H3,11,14,15). The molecule has 0 aliphatic carbocycles. The van der Waals surface area contributed by atoms with Crippen LogP contribution in [-0.2, 0) is 0 Å². The van der Waals surface area contributed by atoms with Gasteiger partial charge in [0.1, 0.15) is 5.66 Å². The summed E-state index contributed by atoms with van der Waals surface area (Å²) in [6.45, 7) is 2.16. The van der Waals surface area contributed by atoms with Crippen molar-refractivity contribution in [2.75, 3.05) is 13.1 Å². The molecule has 0 aromatic carbocycles. The van der Waals surface area contributed by atoms with E-state index in [1.54, 1.807) is 6.20 Å². The molecule has 0 spiro atoms. The van der Waals surface area contributed by atoms with Crippen LogP contribution in [0.2, 0.25) is 0 Å². The van der Waals surface area contributed by atoms with Gasteiger partial charge in [0.15, 0.2) is 5.96 Å². The van der Waals surface area contributed by atoms with Gasteiger partial charge in [-0.25, -0.2) is 4.99 Å². The summed E-state index contributed by atoms with van der Waals surface area (Å²) in [4.78, 5) is 4.25. The highest BCUT2D eigenvalue weighted by molar-refractivity contribution is 5.80. The van der Waals surface area contributed by atoms with Crippen LogP contribution in [0.1, 0.15) is 19.3 Å². The van der Waals surface area contributed by atoms with Crippen LogP contribution in [0, 0.1) is 5.92 Å². The van der Waals surface area contributed by atoms with E-state index >= 15 is 0 Å². The Morgan fingerprint density at radius 1 is 1.60 bits per heavy atom. The van der Waals surface area contributed by atoms with Gasteiger partial charge < -0.3 is 22.1 Å². The van der Waals surface area contributed by atoms with E-state index < -0.39 is 5.66 Å². The van der Waals surface area contributed by atoms with Gasteiger partial charge in [0.2, 0.25) is 0 Å². The third-order valence-electron chi connectivity index (χ3n) is 2.95. The van der Waals surface area contributed by atoms with Gasteiger partial charge in [-0.15, -0.1) is 0 Å². The summed E-state index contributed by atoms with van der Waals surface area (Å²) < 4.78 is 0. The fourth-order valence-corrected chi connectivity index (χ4v) is 2.24. The molecule has 5 nitrogen and oxygen atoms in total. The highest BCUT2D eigenvalue weighted by atomic mass is 15.2. The fourth-order valence-electron chi connectivity index (χ4n) is 2.24. The second-order valence-corrected chi connectivity index (χ2v) is 4.38. The first-order valence-corrected chi connectivity index (χ1v) is 5.47. The lowest BCUT2D eigenvalue weighted by atomic mass is 9.89. The van der Waals surface area contributed by atoms with E-state index in [1.165, 1.54) is 12.8 Å². The van der Waals surface area contributed by atoms with Crippen LogP contribution in [0.4, 0.5) is 0 Å². The van der Waals surface area contributed by atoms with E-state index in [2.05, 4.69) is 15.6 Å². The van der Waals surface area contributed by atoms with Crippen molar-refractivity contribution in [1.29, 1.82) is 0 Å². The Kier molecular flexibility index (Phi) is 2.93. The van der Waals surface area contributed by atoms with Crippen molar-refractivity contribution in [2.24, 2.45) is 22.4 Å². The number of nitrogens with one attached hydrogen (secondary N) is 2. The highest BCUT2D eigenvalue weighted by Gasteiger charge is 2.28. The van der Waals surface area contributed by atoms with Gasteiger partial charge >= 0.3 is 0 Å². The molecule has 6 N–H and O–H groups in total. The summed E-state index contributed by atoms with van der Waals surface area (Å²) in [6, 6.07) is 0. The molecule has 0 amide bonds. The van der Waals surface area contributed by atoms with E-state index in [9.17, 15) is 0 Å². The predicted molar refractivity (Wildman–Crippen MR) is 61.0 cm³/mol. The number of hydrogen-bond donors (Lipinski definition) is 4. The van der Waals surface area contributed by atoms with Gasteiger partial charge in [-0.1, -0.05) is 0 Å². The molecular formula is C10H19N5. The number of piperidine rings is 1. The van der Waals surface area contributed by atoms with Crippen LogP contribution in [0.5, 0.6) is 0 Å². The quantitative estimate of drug-likeness (QED) is 0.492. The van der Waals surface area contributed by atoms with Gasteiger partial charge in [0, 0.05) is 6.20 Å². The zero-order chi connectivity index (χ0) is 10.7. The fraction of sp³-hybridized carbons (Fsp3) is 0.700. The topological polar surface area (TPSA) is 88.5 Å². The molecule has 2 rings (SSSR count). The normalized spacial score (nSPS) is 35.8. The number of rotatable bonds is 2. The van der Waals surface area contributed by atoms with Gasteiger partial charge in [0.05, 0.1) is 0 Å². The molecule has 0 aromatic heterocycles. The molecule has 2 aliphatic heterocycles.